The Balaban J connectivity index is 2.16. The molecule has 2 rings (SSSR count). The second kappa shape index (κ2) is 5.57. The highest BCUT2D eigenvalue weighted by Crippen LogP contribution is 2.35. The van der Waals surface area contributed by atoms with Gasteiger partial charge < -0.3 is 25.7 Å². The predicted octanol–water partition coefficient (Wildman–Crippen LogP) is -0.0970. The van der Waals surface area contributed by atoms with Crippen molar-refractivity contribution in [2.45, 2.75) is 38.2 Å². The van der Waals surface area contributed by atoms with Crippen molar-refractivity contribution in [1.82, 2.24) is 4.90 Å². The first-order chi connectivity index (χ1) is 9.41. The molecule has 0 atom stereocenters. The van der Waals surface area contributed by atoms with Gasteiger partial charge in [0, 0.05) is 26.3 Å². The molecule has 7 nitrogen and oxygen atoms in total. The fourth-order valence-corrected chi connectivity index (χ4v) is 2.89. The van der Waals surface area contributed by atoms with Crippen molar-refractivity contribution in [1.29, 1.82) is 0 Å². The van der Waals surface area contributed by atoms with E-state index in [1.807, 2.05) is 0 Å². The van der Waals surface area contributed by atoms with Gasteiger partial charge in [-0.15, -0.1) is 0 Å². The second-order valence-corrected chi connectivity index (χ2v) is 5.97. The van der Waals surface area contributed by atoms with Gasteiger partial charge in [0.1, 0.15) is 5.41 Å². The minimum Gasteiger partial charge on any atom is -0.409 e. The second-order valence-electron chi connectivity index (χ2n) is 5.97. The van der Waals surface area contributed by atoms with Crippen molar-refractivity contribution < 1.29 is 19.8 Å². The van der Waals surface area contributed by atoms with Crippen molar-refractivity contribution >= 4 is 11.7 Å². The van der Waals surface area contributed by atoms with Crippen molar-refractivity contribution in [3.63, 3.8) is 0 Å². The molecule has 2 heterocycles. The number of aliphatic hydroxyl groups is 1. The molecule has 0 aromatic heterocycles. The Morgan fingerprint density at radius 3 is 2.30 bits per heavy atom. The zero-order chi connectivity index (χ0) is 14.8. The van der Waals surface area contributed by atoms with Crippen molar-refractivity contribution in [3.05, 3.63) is 0 Å². The smallest absolute Gasteiger partial charge is 0.236 e. The number of amides is 1. The number of amidine groups is 1. The number of hydrogen-bond acceptors (Lipinski definition) is 5. The molecule has 2 aliphatic rings. The van der Waals surface area contributed by atoms with Crippen LogP contribution in [0.2, 0.25) is 0 Å². The number of carbonyl (C=O) groups is 1. The van der Waals surface area contributed by atoms with Gasteiger partial charge in [0.05, 0.1) is 5.60 Å². The highest BCUT2D eigenvalue weighted by Gasteiger charge is 2.47. The number of likely N-dealkylation sites (tertiary alicyclic amines) is 1. The maximum absolute atomic E-state index is 12.8. The largest absolute Gasteiger partial charge is 0.409 e. The zero-order valence-corrected chi connectivity index (χ0v) is 11.8. The molecule has 2 saturated heterocycles. The molecular formula is C13H23N3O4. The molecule has 0 aromatic rings. The normalized spacial score (nSPS) is 26.3. The van der Waals surface area contributed by atoms with E-state index >= 15 is 0 Å². The Labute approximate surface area is 118 Å². The first-order valence-electron chi connectivity index (χ1n) is 6.99. The summed E-state index contributed by atoms with van der Waals surface area (Å²) in [4.78, 5) is 14.5. The third-order valence-electron chi connectivity index (χ3n) is 4.48. The summed E-state index contributed by atoms with van der Waals surface area (Å²) >= 11 is 0. The summed E-state index contributed by atoms with van der Waals surface area (Å²) in [5.41, 5.74) is 4.12. The minimum absolute atomic E-state index is 0.0388. The summed E-state index contributed by atoms with van der Waals surface area (Å²) in [5.74, 6) is -0.158. The van der Waals surface area contributed by atoms with E-state index in [2.05, 4.69) is 5.16 Å². The van der Waals surface area contributed by atoms with E-state index in [1.165, 1.54) is 0 Å². The third-order valence-corrected chi connectivity index (χ3v) is 4.48. The highest BCUT2D eigenvalue weighted by molar-refractivity contribution is 6.06. The molecule has 0 unspecified atom stereocenters. The number of carbonyl (C=O) groups excluding carboxylic acids is 1. The van der Waals surface area contributed by atoms with Gasteiger partial charge in [0.2, 0.25) is 5.91 Å². The maximum Gasteiger partial charge on any atom is 0.236 e. The summed E-state index contributed by atoms with van der Waals surface area (Å²) in [6.45, 7) is 3.61. The molecule has 20 heavy (non-hydrogen) atoms. The van der Waals surface area contributed by atoms with Crippen LogP contribution in [0, 0.1) is 5.41 Å². The monoisotopic (exact) mass is 285 g/mol. The summed E-state index contributed by atoms with van der Waals surface area (Å²) in [7, 11) is 0. The van der Waals surface area contributed by atoms with E-state index in [1.54, 1.807) is 11.8 Å². The Hall–Kier alpha value is -1.34. The Bertz CT molecular complexity index is 392. The molecule has 2 aliphatic heterocycles. The van der Waals surface area contributed by atoms with Crippen molar-refractivity contribution in [2.75, 3.05) is 26.3 Å². The first kappa shape index (κ1) is 15.1. The molecule has 0 spiro atoms. The van der Waals surface area contributed by atoms with Crippen LogP contribution in [-0.4, -0.2) is 58.9 Å². The quantitative estimate of drug-likeness (QED) is 0.284. The van der Waals surface area contributed by atoms with Crippen LogP contribution in [0.1, 0.15) is 32.6 Å². The van der Waals surface area contributed by atoms with Gasteiger partial charge >= 0.3 is 0 Å². The number of hydrogen-bond donors (Lipinski definition) is 3. The van der Waals surface area contributed by atoms with Gasteiger partial charge in [-0.3, -0.25) is 4.79 Å². The molecule has 0 radical (unpaired) electrons. The van der Waals surface area contributed by atoms with Gasteiger partial charge in [0.25, 0.3) is 0 Å². The summed E-state index contributed by atoms with van der Waals surface area (Å²) in [6.07, 6.45) is 1.94. The highest BCUT2D eigenvalue weighted by atomic mass is 16.5. The predicted molar refractivity (Wildman–Crippen MR) is 72.3 cm³/mol. The van der Waals surface area contributed by atoms with Crippen LogP contribution < -0.4 is 5.73 Å². The molecule has 2 fully saturated rings. The van der Waals surface area contributed by atoms with Crippen LogP contribution in [0.3, 0.4) is 0 Å². The topological polar surface area (TPSA) is 108 Å². The van der Waals surface area contributed by atoms with E-state index in [9.17, 15) is 9.90 Å². The molecule has 4 N–H and O–H groups in total. The maximum atomic E-state index is 12.8. The van der Waals surface area contributed by atoms with Crippen LogP contribution in [0.5, 0.6) is 0 Å². The van der Waals surface area contributed by atoms with Crippen LogP contribution in [-0.2, 0) is 9.53 Å². The Morgan fingerprint density at radius 1 is 1.25 bits per heavy atom. The number of nitrogens with two attached hydrogens (primary N) is 1. The zero-order valence-electron chi connectivity index (χ0n) is 11.8. The van der Waals surface area contributed by atoms with Crippen LogP contribution in [0.15, 0.2) is 5.16 Å². The van der Waals surface area contributed by atoms with E-state index in [0.29, 0.717) is 52.0 Å². The van der Waals surface area contributed by atoms with E-state index in [0.717, 1.165) is 0 Å². The summed E-state index contributed by atoms with van der Waals surface area (Å²) in [6, 6.07) is 0. The van der Waals surface area contributed by atoms with Gasteiger partial charge in [-0.2, -0.15) is 0 Å². The number of piperidine rings is 1. The molecule has 7 heteroatoms. The third kappa shape index (κ3) is 2.73. The average molecular weight is 285 g/mol. The lowest BCUT2D eigenvalue weighted by atomic mass is 9.77. The Morgan fingerprint density at radius 2 is 1.80 bits per heavy atom. The molecule has 0 aromatic carbocycles. The van der Waals surface area contributed by atoms with Gasteiger partial charge in [-0.25, -0.2) is 0 Å². The lowest BCUT2D eigenvalue weighted by molar-refractivity contribution is -0.146. The first-order valence-corrected chi connectivity index (χ1v) is 6.99. The fraction of sp³-hybridized carbons (Fsp3) is 0.846. The van der Waals surface area contributed by atoms with Crippen molar-refractivity contribution in [3.8, 4) is 0 Å². The van der Waals surface area contributed by atoms with Gasteiger partial charge in [0.15, 0.2) is 5.84 Å². The minimum atomic E-state index is -0.962. The molecular weight excluding hydrogens is 262 g/mol. The van der Waals surface area contributed by atoms with Crippen LogP contribution >= 0.6 is 0 Å². The fourth-order valence-electron chi connectivity index (χ4n) is 2.89. The van der Waals surface area contributed by atoms with E-state index < -0.39 is 11.0 Å². The van der Waals surface area contributed by atoms with Crippen LogP contribution in [0.4, 0.5) is 0 Å². The number of oxime groups is 1. The average Bonchev–Trinajstić information content (AvgIpc) is 2.46. The van der Waals surface area contributed by atoms with Gasteiger partial charge in [-0.1, -0.05) is 5.16 Å². The molecule has 0 bridgehead atoms. The lowest BCUT2D eigenvalue weighted by Gasteiger charge is -2.42. The number of rotatable bonds is 2. The molecule has 114 valence electrons. The molecule has 1 amide bonds. The molecule has 0 aliphatic carbocycles. The lowest BCUT2D eigenvalue weighted by Crippen LogP contribution is -2.56. The van der Waals surface area contributed by atoms with E-state index in [4.69, 9.17) is 15.7 Å². The SMILES string of the molecule is CC1(O)CCN(C(=O)C2(C(N)=NO)CCOCC2)CC1. The van der Waals surface area contributed by atoms with Crippen molar-refractivity contribution in [2.24, 2.45) is 16.3 Å². The molecule has 0 saturated carbocycles. The summed E-state index contributed by atoms with van der Waals surface area (Å²) in [5, 5.41) is 22.0. The van der Waals surface area contributed by atoms with E-state index in [-0.39, 0.29) is 11.7 Å². The Kier molecular flexibility index (Phi) is 4.19. The number of ether oxygens (including phenoxy) is 1. The standard InChI is InChI=1S/C13H23N3O4/c1-12(18)2-6-16(7-3-12)11(17)13(10(14)15-19)4-8-20-9-5-13/h18-19H,2-9H2,1H3,(H2,14,15). The summed E-state index contributed by atoms with van der Waals surface area (Å²) < 4.78 is 5.29. The van der Waals surface area contributed by atoms with Crippen LogP contribution in [0.25, 0.3) is 0 Å². The van der Waals surface area contributed by atoms with Gasteiger partial charge in [-0.05, 0) is 32.6 Å². The number of nitrogens with zero attached hydrogens (tertiary/aromatic N) is 2.